The summed E-state index contributed by atoms with van der Waals surface area (Å²) >= 11 is 0. The van der Waals surface area contributed by atoms with E-state index in [1.54, 1.807) is 13.3 Å². The molecule has 1 aromatic rings. The zero-order chi connectivity index (χ0) is 13.9. The number of hydrogen-bond acceptors (Lipinski definition) is 5. The first-order valence-corrected chi connectivity index (χ1v) is 6.02. The minimum Gasteiger partial charge on any atom is -0.383 e. The molecule has 0 aromatic carbocycles. The quantitative estimate of drug-likeness (QED) is 0.559. The SMILES string of the molecule is COC(C(NN)c1c(C)ccnc1N)C(C)(C)C. The summed E-state index contributed by atoms with van der Waals surface area (Å²) in [6, 6.07) is 1.73. The second-order valence-corrected chi connectivity index (χ2v) is 5.59. The minimum absolute atomic E-state index is 0.0689. The maximum absolute atomic E-state index is 5.97. The minimum atomic E-state index is -0.191. The molecule has 5 N–H and O–H groups in total. The molecule has 0 saturated heterocycles. The molecule has 5 nitrogen and oxygen atoms in total. The topological polar surface area (TPSA) is 86.2 Å². The Bertz CT molecular complexity index is 380. The Labute approximate surface area is 109 Å². The van der Waals surface area contributed by atoms with E-state index in [1.807, 2.05) is 13.0 Å². The average Bonchev–Trinajstić information content (AvgIpc) is 2.25. The normalized spacial score (nSPS) is 15.4. The second-order valence-electron chi connectivity index (χ2n) is 5.59. The molecule has 102 valence electrons. The number of ether oxygens (including phenoxy) is 1. The Hall–Kier alpha value is -1.17. The first kappa shape index (κ1) is 14.9. The lowest BCUT2D eigenvalue weighted by atomic mass is 9.81. The van der Waals surface area contributed by atoms with Gasteiger partial charge in [0.2, 0.25) is 0 Å². The van der Waals surface area contributed by atoms with E-state index < -0.39 is 0 Å². The van der Waals surface area contributed by atoms with Crippen molar-refractivity contribution in [3.8, 4) is 0 Å². The fraction of sp³-hybridized carbons (Fsp3) is 0.615. The largest absolute Gasteiger partial charge is 0.383 e. The van der Waals surface area contributed by atoms with Crippen LogP contribution in [0.4, 0.5) is 5.82 Å². The number of nitrogens with one attached hydrogen (secondary N) is 1. The van der Waals surface area contributed by atoms with Crippen LogP contribution in [-0.2, 0) is 4.74 Å². The standard InChI is InChI=1S/C13H24N4O/c1-8-6-7-16-12(14)9(8)10(17-15)11(18-5)13(2,3)4/h6-7,10-11,17H,15H2,1-5H3,(H2,14,16). The molecular weight excluding hydrogens is 228 g/mol. The van der Waals surface area contributed by atoms with Crippen molar-refractivity contribution in [2.75, 3.05) is 12.8 Å². The number of nitrogens with zero attached hydrogens (tertiary/aromatic N) is 1. The van der Waals surface area contributed by atoms with Crippen LogP contribution in [0.3, 0.4) is 0 Å². The average molecular weight is 252 g/mol. The summed E-state index contributed by atoms with van der Waals surface area (Å²) in [5, 5.41) is 0. The fourth-order valence-corrected chi connectivity index (χ4v) is 2.31. The number of anilines is 1. The van der Waals surface area contributed by atoms with E-state index in [1.165, 1.54) is 0 Å². The summed E-state index contributed by atoms with van der Waals surface area (Å²) < 4.78 is 5.61. The number of hydrogen-bond donors (Lipinski definition) is 3. The zero-order valence-corrected chi connectivity index (χ0v) is 11.8. The Morgan fingerprint density at radius 1 is 1.39 bits per heavy atom. The van der Waals surface area contributed by atoms with Crippen LogP contribution in [0.25, 0.3) is 0 Å². The molecule has 0 spiro atoms. The molecule has 0 bridgehead atoms. The van der Waals surface area contributed by atoms with Crippen molar-refractivity contribution in [3.63, 3.8) is 0 Å². The van der Waals surface area contributed by atoms with Crippen LogP contribution >= 0.6 is 0 Å². The van der Waals surface area contributed by atoms with E-state index in [4.69, 9.17) is 16.3 Å². The highest BCUT2D eigenvalue weighted by atomic mass is 16.5. The third-order valence-corrected chi connectivity index (χ3v) is 3.14. The van der Waals surface area contributed by atoms with Crippen LogP contribution in [0.5, 0.6) is 0 Å². The highest BCUT2D eigenvalue weighted by Gasteiger charge is 2.34. The van der Waals surface area contributed by atoms with Crippen molar-refractivity contribution < 1.29 is 4.74 Å². The van der Waals surface area contributed by atoms with Gasteiger partial charge in [0.05, 0.1) is 12.1 Å². The summed E-state index contributed by atoms with van der Waals surface area (Å²) in [7, 11) is 1.68. The lowest BCUT2D eigenvalue weighted by molar-refractivity contribution is -0.0120. The van der Waals surface area contributed by atoms with Crippen LogP contribution in [0.15, 0.2) is 12.3 Å². The first-order valence-electron chi connectivity index (χ1n) is 6.02. The molecule has 1 aromatic heterocycles. The third kappa shape index (κ3) is 2.98. The number of aromatic nitrogens is 1. The number of nitrogens with two attached hydrogens (primary N) is 2. The molecule has 1 heterocycles. The van der Waals surface area contributed by atoms with Crippen molar-refractivity contribution in [2.45, 2.75) is 39.8 Å². The van der Waals surface area contributed by atoms with Crippen LogP contribution < -0.4 is 17.0 Å². The fourth-order valence-electron chi connectivity index (χ4n) is 2.31. The molecule has 5 heteroatoms. The number of nitrogen functional groups attached to an aromatic ring is 1. The number of methoxy groups -OCH3 is 1. The highest BCUT2D eigenvalue weighted by Crippen LogP contribution is 2.34. The number of hydrazine groups is 1. The maximum atomic E-state index is 5.97. The lowest BCUT2D eigenvalue weighted by Gasteiger charge is -2.36. The lowest BCUT2D eigenvalue weighted by Crippen LogP contribution is -2.44. The molecule has 0 saturated carbocycles. The Morgan fingerprint density at radius 2 is 2.00 bits per heavy atom. The van der Waals surface area contributed by atoms with Crippen LogP contribution in [-0.4, -0.2) is 18.2 Å². The molecule has 18 heavy (non-hydrogen) atoms. The molecule has 0 radical (unpaired) electrons. The summed E-state index contributed by atoms with van der Waals surface area (Å²) in [6.07, 6.45) is 1.59. The molecule has 0 aliphatic heterocycles. The predicted molar refractivity (Wildman–Crippen MR) is 73.7 cm³/mol. The van der Waals surface area contributed by atoms with E-state index in [0.29, 0.717) is 5.82 Å². The molecule has 2 atom stereocenters. The van der Waals surface area contributed by atoms with Crippen molar-refractivity contribution in [1.82, 2.24) is 10.4 Å². The maximum Gasteiger partial charge on any atom is 0.128 e. The van der Waals surface area contributed by atoms with Gasteiger partial charge in [0.15, 0.2) is 0 Å². The smallest absolute Gasteiger partial charge is 0.128 e. The van der Waals surface area contributed by atoms with E-state index in [2.05, 4.69) is 31.2 Å². The van der Waals surface area contributed by atoms with Crippen LogP contribution in [0.2, 0.25) is 0 Å². The molecule has 2 unspecified atom stereocenters. The Morgan fingerprint density at radius 3 is 2.39 bits per heavy atom. The van der Waals surface area contributed by atoms with Gasteiger partial charge in [-0.15, -0.1) is 0 Å². The van der Waals surface area contributed by atoms with E-state index >= 15 is 0 Å². The number of aryl methyl sites for hydroxylation is 1. The summed E-state index contributed by atoms with van der Waals surface area (Å²) in [5.41, 5.74) is 10.7. The molecular formula is C13H24N4O. The zero-order valence-electron chi connectivity index (χ0n) is 11.8. The Balaban J connectivity index is 3.24. The molecule has 0 aliphatic carbocycles. The van der Waals surface area contributed by atoms with Gasteiger partial charge in [0, 0.05) is 18.9 Å². The van der Waals surface area contributed by atoms with Gasteiger partial charge >= 0.3 is 0 Å². The van der Waals surface area contributed by atoms with Gasteiger partial charge < -0.3 is 10.5 Å². The van der Waals surface area contributed by atoms with Crippen molar-refractivity contribution in [2.24, 2.45) is 11.3 Å². The number of rotatable bonds is 4. The van der Waals surface area contributed by atoms with Gasteiger partial charge in [-0.3, -0.25) is 11.3 Å². The second kappa shape index (κ2) is 5.65. The van der Waals surface area contributed by atoms with Gasteiger partial charge in [0.1, 0.15) is 5.82 Å². The third-order valence-electron chi connectivity index (χ3n) is 3.14. The van der Waals surface area contributed by atoms with Crippen molar-refractivity contribution in [1.29, 1.82) is 0 Å². The van der Waals surface area contributed by atoms with E-state index in [0.717, 1.165) is 11.1 Å². The van der Waals surface area contributed by atoms with Crippen molar-refractivity contribution in [3.05, 3.63) is 23.4 Å². The van der Waals surface area contributed by atoms with Crippen molar-refractivity contribution >= 4 is 5.82 Å². The van der Waals surface area contributed by atoms with Crippen LogP contribution in [0.1, 0.15) is 37.9 Å². The number of pyridine rings is 1. The molecule has 0 fully saturated rings. The van der Waals surface area contributed by atoms with Gasteiger partial charge in [0.25, 0.3) is 0 Å². The highest BCUT2D eigenvalue weighted by molar-refractivity contribution is 5.46. The summed E-state index contributed by atoms with van der Waals surface area (Å²) in [5.74, 6) is 6.19. The Kier molecular flexibility index (Phi) is 4.67. The summed E-state index contributed by atoms with van der Waals surface area (Å²) in [4.78, 5) is 4.13. The van der Waals surface area contributed by atoms with Gasteiger partial charge in [-0.2, -0.15) is 0 Å². The molecule has 1 rings (SSSR count). The molecule has 0 aliphatic rings. The first-order chi connectivity index (χ1) is 8.32. The van der Waals surface area contributed by atoms with Gasteiger partial charge in [-0.25, -0.2) is 4.98 Å². The predicted octanol–water partition coefficient (Wildman–Crippen LogP) is 1.54. The van der Waals surface area contributed by atoms with E-state index in [-0.39, 0.29) is 17.6 Å². The van der Waals surface area contributed by atoms with E-state index in [9.17, 15) is 0 Å². The van der Waals surface area contributed by atoms with Crippen LogP contribution in [0, 0.1) is 12.3 Å². The van der Waals surface area contributed by atoms with Gasteiger partial charge in [-0.1, -0.05) is 20.8 Å². The monoisotopic (exact) mass is 252 g/mol. The van der Waals surface area contributed by atoms with Gasteiger partial charge in [-0.05, 0) is 24.0 Å². The summed E-state index contributed by atoms with van der Waals surface area (Å²) in [6.45, 7) is 8.31. The molecule has 0 amide bonds.